The van der Waals surface area contributed by atoms with Gasteiger partial charge in [0, 0.05) is 17.1 Å². The molecule has 6 heteroatoms. The zero-order chi connectivity index (χ0) is 13.1. The van der Waals surface area contributed by atoms with Gasteiger partial charge < -0.3 is 5.73 Å². The Morgan fingerprint density at radius 1 is 1.39 bits per heavy atom. The molecule has 0 aliphatic heterocycles. The average Bonchev–Trinajstić information content (AvgIpc) is 2.70. The fourth-order valence-electron chi connectivity index (χ4n) is 1.70. The van der Waals surface area contributed by atoms with E-state index in [1.54, 1.807) is 0 Å². The first kappa shape index (κ1) is 12.8. The van der Waals surface area contributed by atoms with E-state index < -0.39 is 0 Å². The molecule has 0 radical (unpaired) electrons. The van der Waals surface area contributed by atoms with Crippen molar-refractivity contribution in [2.24, 2.45) is 5.73 Å². The van der Waals surface area contributed by atoms with E-state index in [0.717, 1.165) is 10.0 Å². The number of halogens is 1. The van der Waals surface area contributed by atoms with Gasteiger partial charge in [-0.25, -0.2) is 4.68 Å². The van der Waals surface area contributed by atoms with Gasteiger partial charge in [0.1, 0.15) is 0 Å². The largest absolute Gasteiger partial charge is 0.325 e. The van der Waals surface area contributed by atoms with Gasteiger partial charge in [0.2, 0.25) is 5.91 Å². The number of rotatable bonds is 3. The van der Waals surface area contributed by atoms with Crippen molar-refractivity contribution in [1.29, 1.82) is 0 Å². The zero-order valence-electron chi connectivity index (χ0n) is 9.52. The van der Waals surface area contributed by atoms with Crippen molar-refractivity contribution in [3.8, 4) is 0 Å². The molecule has 2 aromatic rings. The average molecular weight is 310 g/mol. The van der Waals surface area contributed by atoms with Crippen molar-refractivity contribution in [2.45, 2.75) is 13.0 Å². The number of carbonyl (C=O) groups is 1. The summed E-state index contributed by atoms with van der Waals surface area (Å²) in [7, 11) is 0. The van der Waals surface area contributed by atoms with Crippen LogP contribution in [-0.4, -0.2) is 15.7 Å². The van der Waals surface area contributed by atoms with Crippen molar-refractivity contribution in [3.05, 3.63) is 56.4 Å². The van der Waals surface area contributed by atoms with Crippen LogP contribution in [0.15, 0.2) is 39.6 Å². The minimum absolute atomic E-state index is 0.142. The number of hydrogen-bond acceptors (Lipinski definition) is 3. The maximum absolute atomic E-state index is 12.0. The van der Waals surface area contributed by atoms with Crippen molar-refractivity contribution in [2.75, 3.05) is 0 Å². The molecule has 0 saturated heterocycles. The maximum atomic E-state index is 12.0. The summed E-state index contributed by atoms with van der Waals surface area (Å²) in [5, 5.41) is 2.45. The van der Waals surface area contributed by atoms with Crippen LogP contribution in [0.1, 0.15) is 16.1 Å². The van der Waals surface area contributed by atoms with Gasteiger partial charge in [0.25, 0.3) is 5.56 Å². The van der Waals surface area contributed by atoms with Gasteiger partial charge in [0.05, 0.1) is 12.1 Å². The van der Waals surface area contributed by atoms with E-state index in [1.165, 1.54) is 10.7 Å². The highest BCUT2D eigenvalue weighted by Gasteiger charge is 2.11. The molecule has 1 heterocycles. The molecule has 0 amide bonds. The van der Waals surface area contributed by atoms with Gasteiger partial charge >= 0.3 is 0 Å². The first-order valence-electron chi connectivity index (χ1n) is 5.39. The fraction of sp³-hybridized carbons (Fsp3) is 0.167. The summed E-state index contributed by atoms with van der Waals surface area (Å²) < 4.78 is 2.12. The first-order chi connectivity index (χ1) is 8.60. The van der Waals surface area contributed by atoms with E-state index in [9.17, 15) is 9.59 Å². The summed E-state index contributed by atoms with van der Waals surface area (Å²) in [5.41, 5.74) is 6.51. The third-order valence-electron chi connectivity index (χ3n) is 2.51. The molecule has 0 aliphatic carbocycles. The third-order valence-corrected chi connectivity index (χ3v) is 3.00. The summed E-state index contributed by atoms with van der Waals surface area (Å²) in [4.78, 5) is 23.2. The van der Waals surface area contributed by atoms with E-state index in [4.69, 9.17) is 5.73 Å². The number of H-pyrrole nitrogens is 1. The van der Waals surface area contributed by atoms with Gasteiger partial charge in [-0.05, 0) is 17.7 Å². The van der Waals surface area contributed by atoms with E-state index in [1.807, 2.05) is 24.3 Å². The van der Waals surface area contributed by atoms with Crippen LogP contribution in [0.4, 0.5) is 0 Å². The van der Waals surface area contributed by atoms with E-state index in [2.05, 4.69) is 21.0 Å². The molecule has 0 aliphatic rings. The predicted molar refractivity (Wildman–Crippen MR) is 71.4 cm³/mol. The second-order valence-electron chi connectivity index (χ2n) is 3.85. The Kier molecular flexibility index (Phi) is 3.78. The SMILES string of the molecule is NCc1cc(=O)[nH]n1C(=O)Cc1cccc(Br)c1. The summed E-state index contributed by atoms with van der Waals surface area (Å²) in [5.74, 6) is -0.212. The number of aromatic amines is 1. The summed E-state index contributed by atoms with van der Waals surface area (Å²) in [6.45, 7) is 0.142. The Morgan fingerprint density at radius 2 is 2.17 bits per heavy atom. The molecule has 3 N–H and O–H groups in total. The fourth-order valence-corrected chi connectivity index (χ4v) is 2.15. The number of nitrogens with two attached hydrogens (primary N) is 1. The summed E-state index contributed by atoms with van der Waals surface area (Å²) in [6, 6.07) is 8.79. The molecule has 0 unspecified atom stereocenters. The lowest BCUT2D eigenvalue weighted by molar-refractivity contribution is 0.0894. The molecule has 0 bridgehead atoms. The smallest absolute Gasteiger partial charge is 0.264 e. The highest BCUT2D eigenvalue weighted by atomic mass is 79.9. The Balaban J connectivity index is 2.24. The Hall–Kier alpha value is -1.66. The summed E-state index contributed by atoms with van der Waals surface area (Å²) >= 11 is 3.34. The Labute approximate surface area is 112 Å². The zero-order valence-corrected chi connectivity index (χ0v) is 11.1. The molecule has 1 aromatic carbocycles. The molecule has 0 atom stereocenters. The second-order valence-corrected chi connectivity index (χ2v) is 4.77. The van der Waals surface area contributed by atoms with Gasteiger partial charge in [-0.1, -0.05) is 28.1 Å². The number of nitrogens with zero attached hydrogens (tertiary/aromatic N) is 1. The molecular formula is C12H12BrN3O2. The highest BCUT2D eigenvalue weighted by Crippen LogP contribution is 2.12. The van der Waals surface area contributed by atoms with Crippen molar-refractivity contribution >= 4 is 21.8 Å². The minimum atomic E-state index is -0.321. The standard InChI is InChI=1S/C12H12BrN3O2/c13-9-3-1-2-8(4-9)5-12(18)16-10(7-14)6-11(17)15-16/h1-4,6H,5,7,14H2,(H,15,17). The number of nitrogens with one attached hydrogen (secondary N) is 1. The van der Waals surface area contributed by atoms with Crippen LogP contribution >= 0.6 is 15.9 Å². The monoisotopic (exact) mass is 309 g/mol. The van der Waals surface area contributed by atoms with Crippen molar-refractivity contribution < 1.29 is 4.79 Å². The highest BCUT2D eigenvalue weighted by molar-refractivity contribution is 9.10. The predicted octanol–water partition coefficient (Wildman–Crippen LogP) is 1.28. The third kappa shape index (κ3) is 2.77. The van der Waals surface area contributed by atoms with Crippen LogP contribution in [0, 0.1) is 0 Å². The first-order valence-corrected chi connectivity index (χ1v) is 6.18. The molecule has 18 heavy (non-hydrogen) atoms. The number of aromatic nitrogens is 2. The molecule has 5 nitrogen and oxygen atoms in total. The number of carbonyl (C=O) groups excluding carboxylic acids is 1. The van der Waals surface area contributed by atoms with Crippen molar-refractivity contribution in [1.82, 2.24) is 9.78 Å². The molecule has 2 rings (SSSR count). The molecule has 0 saturated carbocycles. The van der Waals surface area contributed by atoms with Crippen LogP contribution < -0.4 is 11.3 Å². The molecule has 0 spiro atoms. The number of benzene rings is 1. The van der Waals surface area contributed by atoms with E-state index in [0.29, 0.717) is 5.69 Å². The lowest BCUT2D eigenvalue weighted by atomic mass is 10.1. The van der Waals surface area contributed by atoms with Gasteiger partial charge in [-0.15, -0.1) is 0 Å². The second kappa shape index (κ2) is 5.32. The molecule has 0 fully saturated rings. The summed E-state index contributed by atoms with van der Waals surface area (Å²) in [6.07, 6.45) is 0.205. The Bertz CT molecular complexity index is 630. The van der Waals surface area contributed by atoms with E-state index in [-0.39, 0.29) is 24.4 Å². The van der Waals surface area contributed by atoms with Gasteiger partial charge in [-0.3, -0.25) is 14.7 Å². The molecule has 1 aromatic heterocycles. The quantitative estimate of drug-likeness (QED) is 0.896. The van der Waals surface area contributed by atoms with Crippen LogP contribution in [0.25, 0.3) is 0 Å². The van der Waals surface area contributed by atoms with Crippen LogP contribution in [0.3, 0.4) is 0 Å². The van der Waals surface area contributed by atoms with Gasteiger partial charge in [0.15, 0.2) is 0 Å². The maximum Gasteiger partial charge on any atom is 0.264 e. The molecule has 94 valence electrons. The topological polar surface area (TPSA) is 80.9 Å². The lowest BCUT2D eigenvalue weighted by Crippen LogP contribution is -2.20. The Morgan fingerprint density at radius 3 is 2.83 bits per heavy atom. The van der Waals surface area contributed by atoms with E-state index >= 15 is 0 Å². The lowest BCUT2D eigenvalue weighted by Gasteiger charge is -2.05. The minimum Gasteiger partial charge on any atom is -0.325 e. The van der Waals surface area contributed by atoms with Crippen LogP contribution in [0.2, 0.25) is 0 Å². The van der Waals surface area contributed by atoms with Crippen molar-refractivity contribution in [3.63, 3.8) is 0 Å². The molecular weight excluding hydrogens is 298 g/mol. The van der Waals surface area contributed by atoms with Gasteiger partial charge in [-0.2, -0.15) is 0 Å². The number of hydrogen-bond donors (Lipinski definition) is 2. The van der Waals surface area contributed by atoms with Crippen LogP contribution in [-0.2, 0) is 13.0 Å². The normalized spacial score (nSPS) is 10.6. The van der Waals surface area contributed by atoms with Crippen LogP contribution in [0.5, 0.6) is 0 Å².